The summed E-state index contributed by atoms with van der Waals surface area (Å²) in [6, 6.07) is 7.55. The van der Waals surface area contributed by atoms with Gasteiger partial charge in [0, 0.05) is 19.6 Å². The fourth-order valence-electron chi connectivity index (χ4n) is 2.33. The maximum atomic E-state index is 11.6. The highest BCUT2D eigenvalue weighted by atomic mass is 127. The molecule has 1 rings (SSSR count). The summed E-state index contributed by atoms with van der Waals surface area (Å²) in [7, 11) is 1.62. The summed E-state index contributed by atoms with van der Waals surface area (Å²) in [6.45, 7) is 11.9. The minimum Gasteiger partial charge on any atom is -0.493 e. The smallest absolute Gasteiger partial charge is 0.407 e. The molecular formula is C21H37IN4O4. The van der Waals surface area contributed by atoms with Gasteiger partial charge in [-0.05, 0) is 53.2 Å². The van der Waals surface area contributed by atoms with E-state index in [1.807, 2.05) is 58.9 Å². The SMILES string of the molecule is CCNC(=NCC(C)Oc1ccccc1OC)NCCCNC(=O)OC(C)(C)C.I. The van der Waals surface area contributed by atoms with Gasteiger partial charge in [-0.1, -0.05) is 12.1 Å². The van der Waals surface area contributed by atoms with Gasteiger partial charge in [0.1, 0.15) is 11.7 Å². The van der Waals surface area contributed by atoms with Gasteiger partial charge in [0.2, 0.25) is 0 Å². The summed E-state index contributed by atoms with van der Waals surface area (Å²) in [5.74, 6) is 2.11. The van der Waals surface area contributed by atoms with E-state index in [9.17, 15) is 4.79 Å². The fourth-order valence-corrected chi connectivity index (χ4v) is 2.33. The number of methoxy groups -OCH3 is 1. The monoisotopic (exact) mass is 536 g/mol. The number of ether oxygens (including phenoxy) is 3. The molecule has 172 valence electrons. The standard InChI is InChI=1S/C21H36N4O4.HI/c1-7-22-19(23-13-10-14-24-20(26)29-21(3,4)5)25-15-16(2)28-18-12-9-8-11-17(18)27-6;/h8-9,11-12,16H,7,10,13-15H2,1-6H3,(H,24,26)(H2,22,23,25);1H. The zero-order valence-electron chi connectivity index (χ0n) is 18.9. The van der Waals surface area contributed by atoms with Gasteiger partial charge in [0.05, 0.1) is 13.7 Å². The van der Waals surface area contributed by atoms with Crippen LogP contribution in [0.15, 0.2) is 29.3 Å². The predicted octanol–water partition coefficient (Wildman–Crippen LogP) is 3.55. The van der Waals surface area contributed by atoms with Crippen molar-refractivity contribution in [2.45, 2.75) is 52.7 Å². The molecular weight excluding hydrogens is 499 g/mol. The van der Waals surface area contributed by atoms with Gasteiger partial charge in [0.15, 0.2) is 17.5 Å². The Hall–Kier alpha value is -1.91. The molecule has 1 atom stereocenters. The second-order valence-corrected chi connectivity index (χ2v) is 7.51. The van der Waals surface area contributed by atoms with Crippen LogP contribution in [-0.4, -0.2) is 57.0 Å². The van der Waals surface area contributed by atoms with Gasteiger partial charge in [-0.25, -0.2) is 9.79 Å². The van der Waals surface area contributed by atoms with Crippen LogP contribution in [0.3, 0.4) is 0 Å². The number of para-hydroxylation sites is 2. The third-order valence-electron chi connectivity index (χ3n) is 3.56. The summed E-state index contributed by atoms with van der Waals surface area (Å²) in [6.07, 6.45) is 0.229. The molecule has 0 saturated heterocycles. The number of hydrogen-bond donors (Lipinski definition) is 3. The second kappa shape index (κ2) is 15.0. The number of guanidine groups is 1. The second-order valence-electron chi connectivity index (χ2n) is 7.51. The fraction of sp³-hybridized carbons (Fsp3) is 0.619. The number of halogens is 1. The molecule has 1 aromatic carbocycles. The number of carbonyl (C=O) groups is 1. The Labute approximate surface area is 197 Å². The highest BCUT2D eigenvalue weighted by Crippen LogP contribution is 2.26. The molecule has 1 amide bonds. The first-order valence-electron chi connectivity index (χ1n) is 10.0. The van der Waals surface area contributed by atoms with E-state index in [0.717, 1.165) is 13.0 Å². The van der Waals surface area contributed by atoms with E-state index < -0.39 is 11.7 Å². The van der Waals surface area contributed by atoms with Crippen LogP contribution in [0.1, 0.15) is 41.0 Å². The summed E-state index contributed by atoms with van der Waals surface area (Å²) in [5, 5.41) is 9.19. The molecule has 3 N–H and O–H groups in total. The zero-order valence-corrected chi connectivity index (χ0v) is 21.2. The Morgan fingerprint density at radius 3 is 2.33 bits per heavy atom. The maximum Gasteiger partial charge on any atom is 0.407 e. The number of hydrogen-bond acceptors (Lipinski definition) is 5. The predicted molar refractivity (Wildman–Crippen MR) is 131 cm³/mol. The first-order valence-corrected chi connectivity index (χ1v) is 10.0. The molecule has 8 nitrogen and oxygen atoms in total. The number of alkyl carbamates (subject to hydrolysis) is 1. The third kappa shape index (κ3) is 12.6. The van der Waals surface area contributed by atoms with E-state index in [4.69, 9.17) is 14.2 Å². The summed E-state index contributed by atoms with van der Waals surface area (Å²) < 4.78 is 16.4. The largest absolute Gasteiger partial charge is 0.493 e. The summed E-state index contributed by atoms with van der Waals surface area (Å²) in [4.78, 5) is 16.2. The van der Waals surface area contributed by atoms with E-state index in [0.29, 0.717) is 37.1 Å². The van der Waals surface area contributed by atoms with Crippen molar-refractivity contribution in [2.75, 3.05) is 33.3 Å². The Balaban J connectivity index is 0.00000841. The van der Waals surface area contributed by atoms with Gasteiger partial charge < -0.3 is 30.2 Å². The van der Waals surface area contributed by atoms with Crippen molar-refractivity contribution in [2.24, 2.45) is 4.99 Å². The Bertz CT molecular complexity index is 650. The molecule has 0 aromatic heterocycles. The van der Waals surface area contributed by atoms with Crippen molar-refractivity contribution < 1.29 is 19.0 Å². The first kappa shape index (κ1) is 28.1. The number of benzene rings is 1. The lowest BCUT2D eigenvalue weighted by atomic mass is 10.2. The summed E-state index contributed by atoms with van der Waals surface area (Å²) >= 11 is 0. The van der Waals surface area contributed by atoms with Gasteiger partial charge in [0.25, 0.3) is 0 Å². The lowest BCUT2D eigenvalue weighted by Crippen LogP contribution is -2.40. The molecule has 0 aliphatic heterocycles. The molecule has 30 heavy (non-hydrogen) atoms. The molecule has 1 aromatic rings. The number of aliphatic imine (C=N–C) groups is 1. The van der Waals surface area contributed by atoms with Crippen LogP contribution in [0, 0.1) is 0 Å². The Kier molecular flexibility index (Phi) is 14.0. The van der Waals surface area contributed by atoms with E-state index in [1.165, 1.54) is 0 Å². The van der Waals surface area contributed by atoms with Crippen molar-refractivity contribution in [1.82, 2.24) is 16.0 Å². The van der Waals surface area contributed by atoms with Crippen molar-refractivity contribution in [3.8, 4) is 11.5 Å². The lowest BCUT2D eigenvalue weighted by Gasteiger charge is -2.19. The van der Waals surface area contributed by atoms with Crippen LogP contribution >= 0.6 is 24.0 Å². The van der Waals surface area contributed by atoms with E-state index >= 15 is 0 Å². The van der Waals surface area contributed by atoms with E-state index in [2.05, 4.69) is 20.9 Å². The summed E-state index contributed by atoms with van der Waals surface area (Å²) in [5.41, 5.74) is -0.490. The number of carbonyl (C=O) groups excluding carboxylic acids is 1. The molecule has 9 heteroatoms. The molecule has 1 unspecified atom stereocenters. The molecule has 0 spiro atoms. The number of nitrogens with zero attached hydrogens (tertiary/aromatic N) is 1. The van der Waals surface area contributed by atoms with Crippen LogP contribution in [0.2, 0.25) is 0 Å². The molecule has 0 fully saturated rings. The van der Waals surface area contributed by atoms with Gasteiger partial charge in [-0.2, -0.15) is 0 Å². The van der Waals surface area contributed by atoms with Crippen molar-refractivity contribution >= 4 is 36.0 Å². The van der Waals surface area contributed by atoms with Crippen molar-refractivity contribution in [1.29, 1.82) is 0 Å². The number of nitrogens with one attached hydrogen (secondary N) is 3. The van der Waals surface area contributed by atoms with Gasteiger partial charge in [-0.3, -0.25) is 0 Å². The minimum atomic E-state index is -0.490. The third-order valence-corrected chi connectivity index (χ3v) is 3.56. The Morgan fingerprint density at radius 1 is 1.10 bits per heavy atom. The minimum absolute atomic E-state index is 0. The number of rotatable bonds is 10. The van der Waals surface area contributed by atoms with Crippen LogP contribution in [0.25, 0.3) is 0 Å². The molecule has 0 aliphatic carbocycles. The van der Waals surface area contributed by atoms with Gasteiger partial charge >= 0.3 is 6.09 Å². The zero-order chi connectivity index (χ0) is 21.7. The average Bonchev–Trinajstić information content (AvgIpc) is 2.64. The van der Waals surface area contributed by atoms with Crippen LogP contribution < -0.4 is 25.4 Å². The topological polar surface area (TPSA) is 93.2 Å². The lowest BCUT2D eigenvalue weighted by molar-refractivity contribution is 0.0527. The Morgan fingerprint density at radius 2 is 1.73 bits per heavy atom. The average molecular weight is 536 g/mol. The highest BCUT2D eigenvalue weighted by Gasteiger charge is 2.15. The molecule has 0 radical (unpaired) electrons. The van der Waals surface area contributed by atoms with Crippen LogP contribution in [0.4, 0.5) is 4.79 Å². The maximum absolute atomic E-state index is 11.6. The van der Waals surface area contributed by atoms with E-state index in [1.54, 1.807) is 7.11 Å². The highest BCUT2D eigenvalue weighted by molar-refractivity contribution is 14.0. The normalized spacial score (nSPS) is 12.3. The molecule has 0 saturated carbocycles. The van der Waals surface area contributed by atoms with Crippen LogP contribution in [0.5, 0.6) is 11.5 Å². The quantitative estimate of drug-likeness (QED) is 0.183. The number of amides is 1. The van der Waals surface area contributed by atoms with E-state index in [-0.39, 0.29) is 30.1 Å². The first-order chi connectivity index (χ1) is 13.7. The molecule has 0 aliphatic rings. The molecule has 0 bridgehead atoms. The molecule has 0 heterocycles. The van der Waals surface area contributed by atoms with Crippen LogP contribution in [-0.2, 0) is 4.74 Å². The van der Waals surface area contributed by atoms with Gasteiger partial charge in [-0.15, -0.1) is 24.0 Å². The van der Waals surface area contributed by atoms with Crippen molar-refractivity contribution in [3.05, 3.63) is 24.3 Å². The van der Waals surface area contributed by atoms with Crippen molar-refractivity contribution in [3.63, 3.8) is 0 Å².